The van der Waals surface area contributed by atoms with Crippen molar-refractivity contribution in [2.24, 2.45) is 0 Å². The molecule has 1 saturated heterocycles. The van der Waals surface area contributed by atoms with Gasteiger partial charge in [0.25, 0.3) is 0 Å². The van der Waals surface area contributed by atoms with Crippen LogP contribution >= 0.6 is 22.9 Å². The lowest BCUT2D eigenvalue weighted by atomic mass is 9.74. The van der Waals surface area contributed by atoms with Crippen LogP contribution in [0.3, 0.4) is 0 Å². The Morgan fingerprint density at radius 1 is 1.24 bits per heavy atom. The van der Waals surface area contributed by atoms with Gasteiger partial charge in [-0.2, -0.15) is 0 Å². The Bertz CT molecular complexity index is 1040. The van der Waals surface area contributed by atoms with Gasteiger partial charge in [-0.1, -0.05) is 11.6 Å². The number of carbonyl (C=O) groups excluding carboxylic acids is 1. The van der Waals surface area contributed by atoms with Crippen LogP contribution in [0.5, 0.6) is 5.75 Å². The Balaban J connectivity index is 1.67. The molecule has 0 bridgehead atoms. The number of halogens is 1. The zero-order valence-corrected chi connectivity index (χ0v) is 21.6. The summed E-state index contributed by atoms with van der Waals surface area (Å²) < 4.78 is 24.5. The van der Waals surface area contributed by atoms with Gasteiger partial charge in [-0.3, -0.25) is 0 Å². The monoisotopic (exact) mass is 492 g/mol. The lowest BCUT2D eigenvalue weighted by molar-refractivity contribution is 0.00578. The third-order valence-electron chi connectivity index (χ3n) is 6.33. The molecule has 0 saturated carbocycles. The standard InChI is InChI=1S/C23H30BClN2O5S/c1-20(2,3)30-19(28)26-12-23(17-11-33-13-27-17)10-14-16(29-23)9-8-15(25)18(14)24-31-21(4,5)22(6,7)32-24/h8-9,11,13H,10,12H2,1-7H3,(H,26,28). The Hall–Kier alpha value is -1.81. The number of aromatic nitrogens is 1. The first-order chi connectivity index (χ1) is 15.2. The molecule has 0 aliphatic carbocycles. The highest BCUT2D eigenvalue weighted by Crippen LogP contribution is 2.43. The van der Waals surface area contributed by atoms with Crippen LogP contribution in [0.2, 0.25) is 5.02 Å². The number of nitrogens with zero attached hydrogens (tertiary/aromatic N) is 1. The molecular weight excluding hydrogens is 463 g/mol. The van der Waals surface area contributed by atoms with E-state index in [1.807, 2.05) is 59.9 Å². The number of thiazole rings is 1. The average molecular weight is 493 g/mol. The van der Waals surface area contributed by atoms with Gasteiger partial charge >= 0.3 is 13.2 Å². The summed E-state index contributed by atoms with van der Waals surface area (Å²) in [7, 11) is -0.633. The average Bonchev–Trinajstić information content (AvgIpc) is 3.36. The van der Waals surface area contributed by atoms with Gasteiger partial charge in [0.05, 0.1) is 29.0 Å². The van der Waals surface area contributed by atoms with Crippen LogP contribution in [-0.4, -0.2) is 41.5 Å². The smallest absolute Gasteiger partial charge is 0.478 e. The minimum Gasteiger partial charge on any atom is -0.478 e. The maximum Gasteiger partial charge on any atom is 0.496 e. The van der Waals surface area contributed by atoms with E-state index in [-0.39, 0.29) is 6.54 Å². The molecule has 3 heterocycles. The number of hydrogen-bond acceptors (Lipinski definition) is 7. The Morgan fingerprint density at radius 2 is 1.91 bits per heavy atom. The van der Waals surface area contributed by atoms with Crippen molar-refractivity contribution in [2.45, 2.75) is 77.3 Å². The molecule has 2 aliphatic heterocycles. The predicted octanol–water partition coefficient (Wildman–Crippen LogP) is 4.45. The highest BCUT2D eigenvalue weighted by Gasteiger charge is 2.54. The summed E-state index contributed by atoms with van der Waals surface area (Å²) in [5.41, 5.74) is 1.61. The SMILES string of the molecule is CC(C)(C)OC(=O)NCC1(c2cscn2)Cc2c(ccc(Cl)c2B2OC(C)(C)C(C)(C)O2)O1. The molecule has 1 aromatic heterocycles. The van der Waals surface area contributed by atoms with Gasteiger partial charge in [0.15, 0.2) is 5.60 Å². The summed E-state index contributed by atoms with van der Waals surface area (Å²) in [5, 5.41) is 5.33. The summed E-state index contributed by atoms with van der Waals surface area (Å²) in [6, 6.07) is 3.63. The van der Waals surface area contributed by atoms with E-state index in [1.165, 1.54) is 11.3 Å². The van der Waals surface area contributed by atoms with Crippen molar-refractivity contribution < 1.29 is 23.6 Å². The molecule has 7 nitrogen and oxygen atoms in total. The highest BCUT2D eigenvalue weighted by atomic mass is 35.5. The molecule has 1 fully saturated rings. The molecule has 1 atom stereocenters. The number of amides is 1. The molecular formula is C23H30BClN2O5S. The summed E-state index contributed by atoms with van der Waals surface area (Å²) in [5.74, 6) is 0.670. The maximum absolute atomic E-state index is 12.4. The van der Waals surface area contributed by atoms with Crippen molar-refractivity contribution in [3.63, 3.8) is 0 Å². The van der Waals surface area contributed by atoms with E-state index in [1.54, 1.807) is 11.6 Å². The first-order valence-corrected chi connectivity index (χ1v) is 12.3. The fourth-order valence-corrected chi connectivity index (χ4v) is 4.85. The third-order valence-corrected chi connectivity index (χ3v) is 7.25. The Labute approximate surface area is 204 Å². The van der Waals surface area contributed by atoms with Crippen LogP contribution in [0.15, 0.2) is 23.0 Å². The summed E-state index contributed by atoms with van der Waals surface area (Å²) >= 11 is 8.14. The molecule has 0 radical (unpaired) electrons. The number of benzene rings is 1. The number of rotatable bonds is 4. The van der Waals surface area contributed by atoms with Gasteiger partial charge in [0.1, 0.15) is 11.4 Å². The number of fused-ring (bicyclic) bond motifs is 1. The zero-order valence-electron chi connectivity index (χ0n) is 20.1. The molecule has 1 amide bonds. The highest BCUT2D eigenvalue weighted by molar-refractivity contribution is 7.07. The number of hydrogen-bond donors (Lipinski definition) is 1. The Morgan fingerprint density at radius 3 is 2.48 bits per heavy atom. The molecule has 4 rings (SSSR count). The number of alkyl carbamates (subject to hydrolysis) is 1. The second-order valence-corrected chi connectivity index (χ2v) is 11.7. The molecule has 2 aliphatic rings. The van der Waals surface area contributed by atoms with Crippen LogP contribution in [-0.2, 0) is 26.1 Å². The quantitative estimate of drug-likeness (QED) is 0.635. The van der Waals surface area contributed by atoms with E-state index in [9.17, 15) is 4.79 Å². The maximum atomic E-state index is 12.4. The molecule has 1 aromatic carbocycles. The molecule has 2 aromatic rings. The van der Waals surface area contributed by atoms with Crippen molar-refractivity contribution >= 4 is 41.6 Å². The fourth-order valence-electron chi connectivity index (χ4n) is 3.94. The molecule has 0 spiro atoms. The molecule has 10 heteroatoms. The normalized spacial score (nSPS) is 23.2. The topological polar surface area (TPSA) is 78.9 Å². The minimum absolute atomic E-state index is 0.181. The van der Waals surface area contributed by atoms with Crippen molar-refractivity contribution in [3.8, 4) is 5.75 Å². The number of carbonyl (C=O) groups is 1. The summed E-state index contributed by atoms with van der Waals surface area (Å²) in [4.78, 5) is 16.9. The van der Waals surface area contributed by atoms with Crippen LogP contribution in [0.25, 0.3) is 0 Å². The van der Waals surface area contributed by atoms with Gasteiger partial charge in [-0.15, -0.1) is 11.3 Å². The number of nitrogens with one attached hydrogen (secondary N) is 1. The predicted molar refractivity (Wildman–Crippen MR) is 130 cm³/mol. The minimum atomic E-state index is -0.900. The second kappa shape index (κ2) is 8.15. The van der Waals surface area contributed by atoms with Crippen LogP contribution in [0.1, 0.15) is 59.7 Å². The van der Waals surface area contributed by atoms with E-state index in [0.717, 1.165) is 16.7 Å². The first-order valence-electron chi connectivity index (χ1n) is 10.9. The van der Waals surface area contributed by atoms with Crippen LogP contribution < -0.4 is 15.5 Å². The van der Waals surface area contributed by atoms with Crippen LogP contribution in [0, 0.1) is 0 Å². The lowest BCUT2D eigenvalue weighted by Gasteiger charge is -2.32. The van der Waals surface area contributed by atoms with Crippen molar-refractivity contribution in [1.29, 1.82) is 0 Å². The lowest BCUT2D eigenvalue weighted by Crippen LogP contribution is -2.46. The fraction of sp³-hybridized carbons (Fsp3) is 0.565. The zero-order chi connectivity index (χ0) is 24.2. The van der Waals surface area contributed by atoms with Gasteiger partial charge in [-0.25, -0.2) is 9.78 Å². The molecule has 1 N–H and O–H groups in total. The van der Waals surface area contributed by atoms with Gasteiger partial charge in [-0.05, 0) is 66.2 Å². The summed E-state index contributed by atoms with van der Waals surface area (Å²) in [6.45, 7) is 13.7. The second-order valence-electron chi connectivity index (χ2n) is 10.5. The van der Waals surface area contributed by atoms with E-state index in [0.29, 0.717) is 17.2 Å². The van der Waals surface area contributed by atoms with Gasteiger partial charge in [0.2, 0.25) is 0 Å². The third kappa shape index (κ3) is 4.61. The summed E-state index contributed by atoms with van der Waals surface area (Å²) in [6.07, 6.45) is -0.0668. The van der Waals surface area contributed by atoms with Gasteiger partial charge in [0, 0.05) is 22.3 Å². The van der Waals surface area contributed by atoms with E-state index < -0.39 is 35.6 Å². The van der Waals surface area contributed by atoms with Crippen molar-refractivity contribution in [3.05, 3.63) is 39.3 Å². The van der Waals surface area contributed by atoms with E-state index >= 15 is 0 Å². The largest absolute Gasteiger partial charge is 0.496 e. The van der Waals surface area contributed by atoms with E-state index in [4.69, 9.17) is 30.4 Å². The molecule has 33 heavy (non-hydrogen) atoms. The molecule has 1 unspecified atom stereocenters. The van der Waals surface area contributed by atoms with E-state index in [2.05, 4.69) is 10.3 Å². The van der Waals surface area contributed by atoms with Gasteiger partial charge < -0.3 is 24.1 Å². The molecule has 178 valence electrons. The van der Waals surface area contributed by atoms with Crippen LogP contribution in [0.4, 0.5) is 4.79 Å². The van der Waals surface area contributed by atoms with Crippen molar-refractivity contribution in [1.82, 2.24) is 10.3 Å². The van der Waals surface area contributed by atoms with Crippen molar-refractivity contribution in [2.75, 3.05) is 6.54 Å². The number of ether oxygens (including phenoxy) is 2. The Kier molecular flexibility index (Phi) is 6.01. The first kappa shape index (κ1) is 24.3.